The second-order valence-corrected chi connectivity index (χ2v) is 5.20. The topological polar surface area (TPSA) is 78.5 Å². The normalized spacial score (nSPS) is 12.0. The summed E-state index contributed by atoms with van der Waals surface area (Å²) in [5, 5.41) is 32.5. The largest absolute Gasteiger partial charge is 0.504 e. The molecule has 0 aliphatic heterocycles. The smallest absolute Gasteiger partial charge is 0.418 e. The lowest BCUT2D eigenvalue weighted by Gasteiger charge is -2.10. The summed E-state index contributed by atoms with van der Waals surface area (Å²) in [6.07, 6.45) is -4.57. The Hall–Kier alpha value is -2.74. The van der Waals surface area contributed by atoms with E-state index in [4.69, 9.17) is 5.11 Å². The maximum absolute atomic E-state index is 13.3. The van der Waals surface area contributed by atoms with Gasteiger partial charge in [-0.15, -0.1) is 0 Å². The first kappa shape index (κ1) is 16.1. The summed E-state index contributed by atoms with van der Waals surface area (Å²) < 4.78 is 41.0. The predicted molar refractivity (Wildman–Crippen MR) is 80.6 cm³/mol. The minimum atomic E-state index is -4.57. The standard InChI is InChI=1S/C16H13F3N2O3/c17-16(18,19)11-3-1-2-10-14(20-21(6-7-22)15(10)11)9-4-5-12(23)13(24)8-9/h1-5,8,22-24H,6-7H2. The fraction of sp³-hybridized carbons (Fsp3) is 0.188. The highest BCUT2D eigenvalue weighted by Gasteiger charge is 2.34. The summed E-state index contributed by atoms with van der Waals surface area (Å²) in [6, 6.07) is 7.62. The van der Waals surface area contributed by atoms with Gasteiger partial charge in [0.2, 0.25) is 0 Å². The van der Waals surface area contributed by atoms with Crippen LogP contribution in [0.5, 0.6) is 11.5 Å². The first-order chi connectivity index (χ1) is 11.3. The number of hydrogen-bond donors (Lipinski definition) is 3. The molecular formula is C16H13F3N2O3. The number of halogens is 3. The van der Waals surface area contributed by atoms with E-state index in [2.05, 4.69) is 5.10 Å². The molecule has 0 radical (unpaired) electrons. The van der Waals surface area contributed by atoms with E-state index in [-0.39, 0.29) is 35.5 Å². The number of aliphatic hydroxyl groups is 1. The third-order valence-corrected chi connectivity index (χ3v) is 3.64. The molecule has 0 atom stereocenters. The Labute approximate surface area is 134 Å². The van der Waals surface area contributed by atoms with E-state index in [1.54, 1.807) is 0 Å². The summed E-state index contributed by atoms with van der Waals surface area (Å²) >= 11 is 0. The van der Waals surface area contributed by atoms with Crippen molar-refractivity contribution in [1.29, 1.82) is 0 Å². The molecule has 3 N–H and O–H groups in total. The molecule has 0 saturated carbocycles. The molecule has 0 bridgehead atoms. The predicted octanol–water partition coefficient (Wildman–Crippen LogP) is 3.13. The van der Waals surface area contributed by atoms with E-state index >= 15 is 0 Å². The van der Waals surface area contributed by atoms with Crippen LogP contribution in [-0.2, 0) is 12.7 Å². The van der Waals surface area contributed by atoms with Crippen molar-refractivity contribution in [2.24, 2.45) is 0 Å². The quantitative estimate of drug-likeness (QED) is 0.641. The first-order valence-electron chi connectivity index (χ1n) is 7.03. The number of hydrogen-bond acceptors (Lipinski definition) is 4. The van der Waals surface area contributed by atoms with Crippen LogP contribution in [0.25, 0.3) is 22.2 Å². The van der Waals surface area contributed by atoms with Crippen LogP contribution in [0.3, 0.4) is 0 Å². The zero-order valence-corrected chi connectivity index (χ0v) is 12.2. The minimum absolute atomic E-state index is 0.104. The second-order valence-electron chi connectivity index (χ2n) is 5.20. The monoisotopic (exact) mass is 338 g/mol. The highest BCUT2D eigenvalue weighted by atomic mass is 19.4. The van der Waals surface area contributed by atoms with Gasteiger partial charge in [-0.2, -0.15) is 18.3 Å². The third-order valence-electron chi connectivity index (χ3n) is 3.64. The molecule has 1 heterocycles. The summed E-state index contributed by atoms with van der Waals surface area (Å²) in [7, 11) is 0. The minimum Gasteiger partial charge on any atom is -0.504 e. The molecule has 0 spiro atoms. The Kier molecular flexibility index (Phi) is 3.84. The van der Waals surface area contributed by atoms with Crippen molar-refractivity contribution >= 4 is 10.9 Å². The molecule has 0 fully saturated rings. The molecule has 0 aliphatic rings. The molecule has 3 rings (SSSR count). The molecule has 0 amide bonds. The number of phenolic OH excluding ortho intramolecular Hbond substituents is 2. The van der Waals surface area contributed by atoms with Crippen LogP contribution in [0, 0.1) is 0 Å². The zero-order valence-electron chi connectivity index (χ0n) is 12.2. The number of aliphatic hydroxyl groups excluding tert-OH is 1. The van der Waals surface area contributed by atoms with E-state index in [1.165, 1.54) is 30.3 Å². The molecule has 0 saturated heterocycles. The number of phenols is 2. The van der Waals surface area contributed by atoms with Gasteiger partial charge in [-0.05, 0) is 24.3 Å². The highest BCUT2D eigenvalue weighted by molar-refractivity contribution is 5.95. The number of nitrogens with zero attached hydrogens (tertiary/aromatic N) is 2. The lowest BCUT2D eigenvalue weighted by atomic mass is 10.0. The van der Waals surface area contributed by atoms with Gasteiger partial charge >= 0.3 is 6.18 Å². The van der Waals surface area contributed by atoms with Gasteiger partial charge in [-0.1, -0.05) is 12.1 Å². The van der Waals surface area contributed by atoms with Gasteiger partial charge in [0, 0.05) is 10.9 Å². The zero-order chi connectivity index (χ0) is 17.5. The Morgan fingerprint density at radius 1 is 1.04 bits per heavy atom. The Bertz CT molecular complexity index is 903. The lowest BCUT2D eigenvalue weighted by Crippen LogP contribution is -2.11. The van der Waals surface area contributed by atoms with E-state index in [0.29, 0.717) is 5.56 Å². The number of benzene rings is 2. The average Bonchev–Trinajstić information content (AvgIpc) is 2.88. The van der Waals surface area contributed by atoms with Gasteiger partial charge in [-0.25, -0.2) is 0 Å². The SMILES string of the molecule is OCCn1nc(-c2ccc(O)c(O)c2)c2cccc(C(F)(F)F)c21. The summed E-state index contributed by atoms with van der Waals surface area (Å²) in [5.74, 6) is -0.738. The van der Waals surface area contributed by atoms with Crippen LogP contribution in [0.4, 0.5) is 13.2 Å². The van der Waals surface area contributed by atoms with Crippen molar-refractivity contribution in [2.75, 3.05) is 6.61 Å². The van der Waals surface area contributed by atoms with Gasteiger partial charge in [0.1, 0.15) is 5.69 Å². The summed E-state index contributed by atoms with van der Waals surface area (Å²) in [6.45, 7) is -0.475. The van der Waals surface area contributed by atoms with Crippen molar-refractivity contribution in [3.05, 3.63) is 42.0 Å². The van der Waals surface area contributed by atoms with Crippen molar-refractivity contribution < 1.29 is 28.5 Å². The molecule has 24 heavy (non-hydrogen) atoms. The number of aromatic hydroxyl groups is 2. The van der Waals surface area contributed by atoms with Gasteiger partial charge in [0.05, 0.1) is 24.2 Å². The van der Waals surface area contributed by atoms with Gasteiger partial charge < -0.3 is 15.3 Å². The van der Waals surface area contributed by atoms with Crippen LogP contribution in [-0.4, -0.2) is 31.7 Å². The van der Waals surface area contributed by atoms with Crippen molar-refractivity contribution in [3.63, 3.8) is 0 Å². The van der Waals surface area contributed by atoms with Crippen molar-refractivity contribution in [1.82, 2.24) is 9.78 Å². The first-order valence-corrected chi connectivity index (χ1v) is 7.03. The molecule has 0 aliphatic carbocycles. The lowest BCUT2D eigenvalue weighted by molar-refractivity contribution is -0.136. The number of alkyl halides is 3. The summed E-state index contributed by atoms with van der Waals surface area (Å²) in [5.41, 5.74) is -0.414. The number of aromatic nitrogens is 2. The van der Waals surface area contributed by atoms with Crippen LogP contribution in [0.2, 0.25) is 0 Å². The van der Waals surface area contributed by atoms with Crippen LogP contribution < -0.4 is 0 Å². The van der Waals surface area contributed by atoms with Crippen LogP contribution in [0.1, 0.15) is 5.56 Å². The molecule has 8 heteroatoms. The Morgan fingerprint density at radius 3 is 2.42 bits per heavy atom. The van der Waals surface area contributed by atoms with Crippen molar-refractivity contribution in [2.45, 2.75) is 12.7 Å². The van der Waals surface area contributed by atoms with E-state index in [0.717, 1.165) is 10.7 Å². The van der Waals surface area contributed by atoms with Crippen molar-refractivity contribution in [3.8, 4) is 22.8 Å². The number of fused-ring (bicyclic) bond motifs is 1. The van der Waals surface area contributed by atoms with Crippen LogP contribution >= 0.6 is 0 Å². The van der Waals surface area contributed by atoms with Gasteiger partial charge in [0.25, 0.3) is 0 Å². The highest BCUT2D eigenvalue weighted by Crippen LogP contribution is 2.39. The van der Waals surface area contributed by atoms with E-state index in [9.17, 15) is 23.4 Å². The van der Waals surface area contributed by atoms with Gasteiger partial charge in [-0.3, -0.25) is 4.68 Å². The molecule has 126 valence electrons. The van der Waals surface area contributed by atoms with E-state index in [1.807, 2.05) is 0 Å². The molecule has 5 nitrogen and oxygen atoms in total. The molecule has 0 unspecified atom stereocenters. The molecule has 3 aromatic rings. The molecule has 1 aromatic heterocycles. The van der Waals surface area contributed by atoms with Gasteiger partial charge in [0.15, 0.2) is 11.5 Å². The molecule has 2 aromatic carbocycles. The van der Waals surface area contributed by atoms with E-state index < -0.39 is 17.5 Å². The second kappa shape index (κ2) is 5.72. The fourth-order valence-electron chi connectivity index (χ4n) is 2.61. The third kappa shape index (κ3) is 2.65. The van der Waals surface area contributed by atoms with Crippen LogP contribution in [0.15, 0.2) is 36.4 Å². The molecular weight excluding hydrogens is 325 g/mol. The maximum atomic E-state index is 13.3. The number of para-hydroxylation sites is 1. The average molecular weight is 338 g/mol. The Morgan fingerprint density at radius 2 is 1.79 bits per heavy atom. The fourth-order valence-corrected chi connectivity index (χ4v) is 2.61. The number of rotatable bonds is 3. The Balaban J connectivity index is 2.32. The summed E-state index contributed by atoms with van der Waals surface area (Å²) in [4.78, 5) is 0. The maximum Gasteiger partial charge on any atom is 0.418 e.